The Kier molecular flexibility index (Phi) is 5.40. The Morgan fingerprint density at radius 3 is 2.62 bits per heavy atom. The molecule has 0 bridgehead atoms. The fourth-order valence-electron chi connectivity index (χ4n) is 3.52. The van der Waals surface area contributed by atoms with E-state index in [0.29, 0.717) is 25.3 Å². The summed E-state index contributed by atoms with van der Waals surface area (Å²) in [4.78, 5) is 29.8. The normalized spacial score (nSPS) is 16.1. The lowest BCUT2D eigenvalue weighted by Crippen LogP contribution is -2.56. The maximum Gasteiger partial charge on any atom is 0.331 e. The Morgan fingerprint density at radius 2 is 1.92 bits per heavy atom. The third-order valence-electron chi connectivity index (χ3n) is 4.86. The number of aromatic nitrogens is 1. The van der Waals surface area contributed by atoms with Crippen molar-refractivity contribution in [3.8, 4) is 5.88 Å². The van der Waals surface area contributed by atoms with E-state index in [1.54, 1.807) is 13.0 Å². The zero-order valence-electron chi connectivity index (χ0n) is 15.2. The zero-order valence-corrected chi connectivity index (χ0v) is 15.2. The Balaban J connectivity index is 1.92. The van der Waals surface area contributed by atoms with Gasteiger partial charge >= 0.3 is 5.97 Å². The average Bonchev–Trinajstić information content (AvgIpc) is 2.68. The SMILES string of the molecule is CCOC(=O)C1(NC(=O)c2cc3ccccc3c(OC)n2)CCCCC1. The molecule has 1 saturated carbocycles. The number of nitrogens with zero attached hydrogens (tertiary/aromatic N) is 1. The van der Waals surface area contributed by atoms with Crippen molar-refractivity contribution in [1.29, 1.82) is 0 Å². The summed E-state index contributed by atoms with van der Waals surface area (Å²) in [6, 6.07) is 9.30. The van der Waals surface area contributed by atoms with Crippen LogP contribution in [0.4, 0.5) is 0 Å². The molecule has 6 nitrogen and oxygen atoms in total. The van der Waals surface area contributed by atoms with Crippen LogP contribution in [0.1, 0.15) is 49.5 Å². The molecule has 1 fully saturated rings. The van der Waals surface area contributed by atoms with Gasteiger partial charge in [-0.25, -0.2) is 9.78 Å². The number of rotatable bonds is 5. The lowest BCUT2D eigenvalue weighted by atomic mass is 9.81. The molecule has 26 heavy (non-hydrogen) atoms. The van der Waals surface area contributed by atoms with E-state index in [1.807, 2.05) is 24.3 Å². The van der Waals surface area contributed by atoms with E-state index in [-0.39, 0.29) is 17.6 Å². The van der Waals surface area contributed by atoms with Gasteiger partial charge in [0.05, 0.1) is 13.7 Å². The second-order valence-electron chi connectivity index (χ2n) is 6.56. The van der Waals surface area contributed by atoms with Crippen molar-refractivity contribution in [3.05, 3.63) is 36.0 Å². The van der Waals surface area contributed by atoms with Crippen LogP contribution < -0.4 is 10.1 Å². The van der Waals surface area contributed by atoms with Crippen LogP contribution in [-0.4, -0.2) is 36.1 Å². The lowest BCUT2D eigenvalue weighted by Gasteiger charge is -2.35. The standard InChI is InChI=1S/C20H24N2O4/c1-3-26-19(24)20(11-7-4-8-12-20)22-17(23)16-13-14-9-5-6-10-15(14)18(21-16)25-2/h5-6,9-10,13H,3-4,7-8,11-12H2,1-2H3,(H,22,23). The van der Waals surface area contributed by atoms with Crippen molar-refractivity contribution < 1.29 is 19.1 Å². The molecule has 1 aromatic carbocycles. The first kappa shape index (κ1) is 18.2. The topological polar surface area (TPSA) is 77.5 Å². The van der Waals surface area contributed by atoms with Crippen LogP contribution in [0.5, 0.6) is 5.88 Å². The maximum atomic E-state index is 12.9. The maximum absolute atomic E-state index is 12.9. The number of carbonyl (C=O) groups is 2. The number of carbonyl (C=O) groups excluding carboxylic acids is 2. The molecule has 0 spiro atoms. The minimum atomic E-state index is -0.966. The molecular weight excluding hydrogens is 332 g/mol. The van der Waals surface area contributed by atoms with Gasteiger partial charge in [0.15, 0.2) is 0 Å². The summed E-state index contributed by atoms with van der Waals surface area (Å²) in [6.07, 6.45) is 3.99. The fraction of sp³-hybridized carbons (Fsp3) is 0.450. The molecule has 0 aliphatic heterocycles. The second kappa shape index (κ2) is 7.72. The molecule has 1 heterocycles. The number of ether oxygens (including phenoxy) is 2. The summed E-state index contributed by atoms with van der Waals surface area (Å²) in [6.45, 7) is 2.06. The van der Waals surface area contributed by atoms with E-state index < -0.39 is 5.54 Å². The number of fused-ring (bicyclic) bond motifs is 1. The molecule has 6 heteroatoms. The highest BCUT2D eigenvalue weighted by Gasteiger charge is 2.42. The van der Waals surface area contributed by atoms with Crippen molar-refractivity contribution in [2.45, 2.75) is 44.6 Å². The smallest absolute Gasteiger partial charge is 0.331 e. The summed E-state index contributed by atoms with van der Waals surface area (Å²) < 4.78 is 10.6. The number of hydrogen-bond donors (Lipinski definition) is 1. The molecule has 0 saturated heterocycles. The summed E-state index contributed by atoms with van der Waals surface area (Å²) in [7, 11) is 1.53. The summed E-state index contributed by atoms with van der Waals surface area (Å²) in [5, 5.41) is 4.61. The molecule has 1 aromatic heterocycles. The van der Waals surface area contributed by atoms with Crippen molar-refractivity contribution in [2.75, 3.05) is 13.7 Å². The summed E-state index contributed by atoms with van der Waals surface area (Å²) in [5.41, 5.74) is -0.735. The first-order valence-electron chi connectivity index (χ1n) is 9.03. The molecule has 0 unspecified atom stereocenters. The van der Waals surface area contributed by atoms with Crippen molar-refractivity contribution in [1.82, 2.24) is 10.3 Å². The molecule has 1 aliphatic carbocycles. The van der Waals surface area contributed by atoms with Gasteiger partial charge in [-0.3, -0.25) is 4.79 Å². The van der Waals surface area contributed by atoms with E-state index in [1.165, 1.54) is 7.11 Å². The van der Waals surface area contributed by atoms with Gasteiger partial charge in [-0.15, -0.1) is 0 Å². The number of methoxy groups -OCH3 is 1. The number of benzene rings is 1. The van der Waals surface area contributed by atoms with Crippen LogP contribution >= 0.6 is 0 Å². The molecule has 1 aliphatic rings. The second-order valence-corrected chi connectivity index (χ2v) is 6.56. The highest BCUT2D eigenvalue weighted by atomic mass is 16.5. The van der Waals surface area contributed by atoms with E-state index in [4.69, 9.17) is 9.47 Å². The van der Waals surface area contributed by atoms with Gasteiger partial charge in [-0.2, -0.15) is 0 Å². The lowest BCUT2D eigenvalue weighted by molar-refractivity contribution is -0.152. The summed E-state index contributed by atoms with van der Waals surface area (Å²) >= 11 is 0. The van der Waals surface area contributed by atoms with Crippen molar-refractivity contribution in [3.63, 3.8) is 0 Å². The van der Waals surface area contributed by atoms with E-state index in [2.05, 4.69) is 10.3 Å². The van der Waals surface area contributed by atoms with Crippen LogP contribution in [0.2, 0.25) is 0 Å². The van der Waals surface area contributed by atoms with Gasteiger partial charge in [0, 0.05) is 5.39 Å². The first-order valence-corrected chi connectivity index (χ1v) is 9.03. The predicted molar refractivity (Wildman–Crippen MR) is 98.2 cm³/mol. The Bertz CT molecular complexity index is 813. The number of esters is 1. The quantitative estimate of drug-likeness (QED) is 0.832. The van der Waals surface area contributed by atoms with Gasteiger partial charge in [0.25, 0.3) is 5.91 Å². The molecule has 0 atom stereocenters. The van der Waals surface area contributed by atoms with E-state index in [0.717, 1.165) is 30.0 Å². The monoisotopic (exact) mass is 356 g/mol. The number of pyridine rings is 1. The molecule has 3 rings (SSSR count). The first-order chi connectivity index (χ1) is 12.6. The molecule has 1 N–H and O–H groups in total. The number of nitrogens with one attached hydrogen (secondary N) is 1. The number of hydrogen-bond acceptors (Lipinski definition) is 5. The van der Waals surface area contributed by atoms with E-state index in [9.17, 15) is 9.59 Å². The van der Waals surface area contributed by atoms with Crippen LogP contribution in [0.25, 0.3) is 10.8 Å². The van der Waals surface area contributed by atoms with Crippen molar-refractivity contribution in [2.24, 2.45) is 0 Å². The fourth-order valence-corrected chi connectivity index (χ4v) is 3.52. The Morgan fingerprint density at radius 1 is 1.19 bits per heavy atom. The van der Waals surface area contributed by atoms with Crippen molar-refractivity contribution >= 4 is 22.6 Å². The van der Waals surface area contributed by atoms with Gasteiger partial charge in [0.2, 0.25) is 5.88 Å². The summed E-state index contributed by atoms with van der Waals surface area (Å²) in [5.74, 6) is -0.355. The van der Waals surface area contributed by atoms with Gasteiger partial charge < -0.3 is 14.8 Å². The van der Waals surface area contributed by atoms with Crippen LogP contribution in [-0.2, 0) is 9.53 Å². The average molecular weight is 356 g/mol. The minimum absolute atomic E-state index is 0.231. The van der Waals surface area contributed by atoms with Gasteiger partial charge in [0.1, 0.15) is 11.2 Å². The molecule has 0 radical (unpaired) electrons. The molecular formula is C20H24N2O4. The third kappa shape index (κ3) is 3.49. The minimum Gasteiger partial charge on any atom is -0.481 e. The van der Waals surface area contributed by atoms with Crippen LogP contribution in [0.3, 0.4) is 0 Å². The molecule has 1 amide bonds. The Hall–Kier alpha value is -2.63. The highest BCUT2D eigenvalue weighted by molar-refractivity contribution is 6.00. The Labute approximate surface area is 152 Å². The van der Waals surface area contributed by atoms with Crippen LogP contribution in [0.15, 0.2) is 30.3 Å². The zero-order chi connectivity index (χ0) is 18.6. The van der Waals surface area contributed by atoms with Gasteiger partial charge in [-0.05, 0) is 37.3 Å². The third-order valence-corrected chi connectivity index (χ3v) is 4.86. The largest absolute Gasteiger partial charge is 0.481 e. The van der Waals surface area contributed by atoms with E-state index >= 15 is 0 Å². The predicted octanol–water partition coefficient (Wildman–Crippen LogP) is 3.24. The molecule has 2 aromatic rings. The molecule has 138 valence electrons. The number of amides is 1. The van der Waals surface area contributed by atoms with Gasteiger partial charge in [-0.1, -0.05) is 37.5 Å². The van der Waals surface area contributed by atoms with Crippen LogP contribution in [0, 0.1) is 0 Å². The highest BCUT2D eigenvalue weighted by Crippen LogP contribution is 2.30.